The van der Waals surface area contributed by atoms with E-state index in [1.807, 2.05) is 31.2 Å². The van der Waals surface area contributed by atoms with Gasteiger partial charge in [0.2, 0.25) is 5.91 Å². The Balaban J connectivity index is 1.81. The number of nitrogens with zero attached hydrogens (tertiary/aromatic N) is 1. The van der Waals surface area contributed by atoms with Gasteiger partial charge >= 0.3 is 0 Å². The van der Waals surface area contributed by atoms with Crippen LogP contribution in [0, 0.1) is 5.41 Å². The molecule has 1 amide bonds. The molecule has 0 aliphatic carbocycles. The van der Waals surface area contributed by atoms with Gasteiger partial charge in [0.15, 0.2) is 5.13 Å². The Labute approximate surface area is 109 Å². The predicted molar refractivity (Wildman–Crippen MR) is 73.8 cm³/mol. The summed E-state index contributed by atoms with van der Waals surface area (Å²) in [7, 11) is 0. The highest BCUT2D eigenvalue weighted by atomic mass is 32.1. The van der Waals surface area contributed by atoms with E-state index in [1.165, 1.54) is 11.3 Å². The molecule has 4 nitrogen and oxygen atoms in total. The Bertz CT molecular complexity index is 554. The van der Waals surface area contributed by atoms with Crippen molar-refractivity contribution < 1.29 is 4.79 Å². The highest BCUT2D eigenvalue weighted by Gasteiger charge is 2.36. The second-order valence-electron chi connectivity index (χ2n) is 4.93. The maximum absolute atomic E-state index is 12.2. The first-order valence-electron chi connectivity index (χ1n) is 6.05. The summed E-state index contributed by atoms with van der Waals surface area (Å²) in [5.41, 5.74) is 0.630. The summed E-state index contributed by atoms with van der Waals surface area (Å²) < 4.78 is 1.10. The van der Waals surface area contributed by atoms with Gasteiger partial charge in [-0.25, -0.2) is 4.98 Å². The van der Waals surface area contributed by atoms with Crippen molar-refractivity contribution in [3.63, 3.8) is 0 Å². The second-order valence-corrected chi connectivity index (χ2v) is 5.96. The summed E-state index contributed by atoms with van der Waals surface area (Å²) in [6.07, 6.45) is 0.879. The summed E-state index contributed by atoms with van der Waals surface area (Å²) in [6.45, 7) is 3.64. The lowest BCUT2D eigenvalue weighted by Crippen LogP contribution is -2.35. The van der Waals surface area contributed by atoms with Crippen molar-refractivity contribution >= 4 is 32.6 Å². The van der Waals surface area contributed by atoms with Crippen LogP contribution in [0.3, 0.4) is 0 Å². The van der Waals surface area contributed by atoms with Gasteiger partial charge in [-0.05, 0) is 32.0 Å². The summed E-state index contributed by atoms with van der Waals surface area (Å²) in [5, 5.41) is 6.86. The van der Waals surface area contributed by atoms with Crippen LogP contribution in [0.25, 0.3) is 10.2 Å². The van der Waals surface area contributed by atoms with Gasteiger partial charge in [0, 0.05) is 6.54 Å². The summed E-state index contributed by atoms with van der Waals surface area (Å²) in [4.78, 5) is 16.7. The first-order valence-corrected chi connectivity index (χ1v) is 6.87. The Morgan fingerprint density at radius 3 is 3.06 bits per heavy atom. The predicted octanol–water partition coefficient (Wildman–Crippen LogP) is 2.23. The lowest BCUT2D eigenvalue weighted by Gasteiger charge is -2.20. The number of benzene rings is 1. The summed E-state index contributed by atoms with van der Waals surface area (Å²) >= 11 is 1.52. The number of rotatable bonds is 2. The number of anilines is 1. The van der Waals surface area contributed by atoms with E-state index in [0.29, 0.717) is 5.13 Å². The molecule has 1 aliphatic heterocycles. The minimum Gasteiger partial charge on any atom is -0.316 e. The Kier molecular flexibility index (Phi) is 2.80. The van der Waals surface area contributed by atoms with Gasteiger partial charge in [-0.15, -0.1) is 0 Å². The standard InChI is InChI=1S/C13H15N3OS/c1-13(6-7-14-8-13)11(17)16-12-15-9-4-2-3-5-10(9)18-12/h2-5,14H,6-8H2,1H3,(H,15,16,17). The molecule has 0 bridgehead atoms. The van der Waals surface area contributed by atoms with Crippen LogP contribution in [0.15, 0.2) is 24.3 Å². The van der Waals surface area contributed by atoms with Crippen molar-refractivity contribution in [1.82, 2.24) is 10.3 Å². The van der Waals surface area contributed by atoms with Crippen molar-refractivity contribution in [3.05, 3.63) is 24.3 Å². The Morgan fingerprint density at radius 1 is 1.50 bits per heavy atom. The number of thiazole rings is 1. The van der Waals surface area contributed by atoms with Gasteiger partial charge in [0.25, 0.3) is 0 Å². The third kappa shape index (κ3) is 2.00. The maximum Gasteiger partial charge on any atom is 0.233 e. The number of aromatic nitrogens is 1. The van der Waals surface area contributed by atoms with E-state index in [1.54, 1.807) is 0 Å². The number of hydrogen-bond acceptors (Lipinski definition) is 4. The van der Waals surface area contributed by atoms with Crippen molar-refractivity contribution in [2.45, 2.75) is 13.3 Å². The molecule has 2 heterocycles. The van der Waals surface area contributed by atoms with Gasteiger partial charge in [0.05, 0.1) is 15.6 Å². The fourth-order valence-corrected chi connectivity index (χ4v) is 3.05. The van der Waals surface area contributed by atoms with Crippen LogP contribution in [-0.4, -0.2) is 24.0 Å². The lowest BCUT2D eigenvalue weighted by molar-refractivity contribution is -0.123. The number of hydrogen-bond donors (Lipinski definition) is 2. The lowest BCUT2D eigenvalue weighted by atomic mass is 9.89. The minimum absolute atomic E-state index is 0.0616. The number of carbonyl (C=O) groups excluding carboxylic acids is 1. The first kappa shape index (κ1) is 11.6. The second kappa shape index (κ2) is 4.33. The molecule has 3 rings (SSSR count). The van der Waals surface area contributed by atoms with Crippen LogP contribution in [0.1, 0.15) is 13.3 Å². The summed E-state index contributed by atoms with van der Waals surface area (Å²) in [5.74, 6) is 0.0616. The molecule has 1 aromatic carbocycles. The van der Waals surface area contributed by atoms with Crippen LogP contribution < -0.4 is 10.6 Å². The van der Waals surface area contributed by atoms with Crippen molar-refractivity contribution in [2.24, 2.45) is 5.41 Å². The molecule has 1 aliphatic rings. The number of para-hydroxylation sites is 1. The van der Waals surface area contributed by atoms with Crippen LogP contribution >= 0.6 is 11.3 Å². The monoisotopic (exact) mass is 261 g/mol. The largest absolute Gasteiger partial charge is 0.316 e. The molecule has 0 saturated carbocycles. The van der Waals surface area contributed by atoms with E-state index in [0.717, 1.165) is 29.7 Å². The first-order chi connectivity index (χ1) is 8.67. The van der Waals surface area contributed by atoms with E-state index in [2.05, 4.69) is 15.6 Å². The molecular weight excluding hydrogens is 246 g/mol. The van der Waals surface area contributed by atoms with Crippen LogP contribution in [-0.2, 0) is 4.79 Å². The Hall–Kier alpha value is -1.46. The zero-order valence-electron chi connectivity index (χ0n) is 10.2. The van der Waals surface area contributed by atoms with Crippen molar-refractivity contribution in [3.8, 4) is 0 Å². The van der Waals surface area contributed by atoms with Gasteiger partial charge in [0.1, 0.15) is 0 Å². The number of fused-ring (bicyclic) bond motifs is 1. The molecule has 1 atom stereocenters. The molecule has 1 fully saturated rings. The highest BCUT2D eigenvalue weighted by molar-refractivity contribution is 7.22. The third-order valence-corrected chi connectivity index (χ3v) is 4.38. The molecule has 94 valence electrons. The maximum atomic E-state index is 12.2. The van der Waals surface area contributed by atoms with Gasteiger partial charge in [-0.1, -0.05) is 23.5 Å². The molecule has 2 aromatic rings. The minimum atomic E-state index is -0.308. The van der Waals surface area contributed by atoms with Gasteiger partial charge in [-0.3, -0.25) is 4.79 Å². The summed E-state index contributed by atoms with van der Waals surface area (Å²) in [6, 6.07) is 7.91. The zero-order chi connectivity index (χ0) is 12.6. The molecule has 1 unspecified atom stereocenters. The zero-order valence-corrected chi connectivity index (χ0v) is 11.0. The number of nitrogens with one attached hydrogen (secondary N) is 2. The molecular formula is C13H15N3OS. The van der Waals surface area contributed by atoms with Crippen molar-refractivity contribution in [1.29, 1.82) is 0 Å². The average Bonchev–Trinajstić information content (AvgIpc) is 2.95. The molecule has 2 N–H and O–H groups in total. The number of carbonyl (C=O) groups is 1. The van der Waals surface area contributed by atoms with Crippen LogP contribution in [0.4, 0.5) is 5.13 Å². The molecule has 1 aromatic heterocycles. The molecule has 5 heteroatoms. The SMILES string of the molecule is CC1(C(=O)Nc2nc3ccccc3s2)CCNC1. The third-order valence-electron chi connectivity index (χ3n) is 3.43. The highest BCUT2D eigenvalue weighted by Crippen LogP contribution is 2.29. The van der Waals surface area contributed by atoms with E-state index < -0.39 is 0 Å². The molecule has 18 heavy (non-hydrogen) atoms. The molecule has 1 saturated heterocycles. The fraction of sp³-hybridized carbons (Fsp3) is 0.385. The van der Waals surface area contributed by atoms with Crippen LogP contribution in [0.2, 0.25) is 0 Å². The smallest absolute Gasteiger partial charge is 0.233 e. The molecule has 0 radical (unpaired) electrons. The van der Waals surface area contributed by atoms with Crippen molar-refractivity contribution in [2.75, 3.05) is 18.4 Å². The van der Waals surface area contributed by atoms with E-state index in [4.69, 9.17) is 0 Å². The average molecular weight is 261 g/mol. The molecule has 0 spiro atoms. The fourth-order valence-electron chi connectivity index (χ4n) is 2.18. The topological polar surface area (TPSA) is 54.0 Å². The Morgan fingerprint density at radius 2 is 2.33 bits per heavy atom. The van der Waals surface area contributed by atoms with Gasteiger partial charge < -0.3 is 10.6 Å². The number of amides is 1. The van der Waals surface area contributed by atoms with E-state index in [-0.39, 0.29) is 11.3 Å². The van der Waals surface area contributed by atoms with E-state index >= 15 is 0 Å². The van der Waals surface area contributed by atoms with Crippen LogP contribution in [0.5, 0.6) is 0 Å². The normalized spacial score (nSPS) is 23.4. The van der Waals surface area contributed by atoms with E-state index in [9.17, 15) is 4.79 Å². The quantitative estimate of drug-likeness (QED) is 0.871. The van der Waals surface area contributed by atoms with Gasteiger partial charge in [-0.2, -0.15) is 0 Å².